The van der Waals surface area contributed by atoms with Gasteiger partial charge in [0, 0.05) is 30.8 Å². The van der Waals surface area contributed by atoms with Crippen molar-refractivity contribution in [2.45, 2.75) is 33.1 Å². The van der Waals surface area contributed by atoms with Gasteiger partial charge in [0.25, 0.3) is 5.91 Å². The van der Waals surface area contributed by atoms with Gasteiger partial charge < -0.3 is 10.2 Å². The zero-order valence-electron chi connectivity index (χ0n) is 16.3. The number of benzene rings is 2. The molecule has 0 aliphatic heterocycles. The third kappa shape index (κ3) is 4.95. The van der Waals surface area contributed by atoms with Crippen LogP contribution in [0.4, 0.5) is 5.69 Å². The summed E-state index contributed by atoms with van der Waals surface area (Å²) in [6.45, 7) is 5.29. The van der Waals surface area contributed by atoms with Crippen molar-refractivity contribution >= 4 is 39.1 Å². The Labute approximate surface area is 169 Å². The number of anilines is 1. The molecule has 2 amide bonds. The molecule has 3 rings (SSSR count). The van der Waals surface area contributed by atoms with Gasteiger partial charge in [0.1, 0.15) is 0 Å². The number of aryl methyl sites for hydroxylation is 1. The normalized spacial score (nSPS) is 10.8. The first kappa shape index (κ1) is 20.0. The van der Waals surface area contributed by atoms with Crippen molar-refractivity contribution in [3.8, 4) is 0 Å². The molecular formula is C22H25N3O2S. The molecule has 0 aliphatic rings. The fourth-order valence-corrected chi connectivity index (χ4v) is 4.05. The number of rotatable bonds is 8. The van der Waals surface area contributed by atoms with Crippen LogP contribution < -0.4 is 5.32 Å². The molecule has 0 radical (unpaired) electrons. The molecule has 146 valence electrons. The molecule has 0 bridgehead atoms. The van der Waals surface area contributed by atoms with Gasteiger partial charge in [0.15, 0.2) is 0 Å². The fourth-order valence-electron chi connectivity index (χ4n) is 3.04. The monoisotopic (exact) mass is 395 g/mol. The summed E-state index contributed by atoms with van der Waals surface area (Å²) in [5, 5.41) is 3.96. The van der Waals surface area contributed by atoms with Gasteiger partial charge in [-0.25, -0.2) is 4.98 Å². The number of hydrogen-bond acceptors (Lipinski definition) is 4. The van der Waals surface area contributed by atoms with E-state index >= 15 is 0 Å². The lowest BCUT2D eigenvalue weighted by molar-refractivity contribution is -0.116. The topological polar surface area (TPSA) is 62.3 Å². The molecule has 3 aromatic rings. The van der Waals surface area contributed by atoms with Gasteiger partial charge in [-0.2, -0.15) is 0 Å². The summed E-state index contributed by atoms with van der Waals surface area (Å²) < 4.78 is 1.18. The third-order valence-corrected chi connectivity index (χ3v) is 5.70. The molecule has 0 unspecified atom stereocenters. The van der Waals surface area contributed by atoms with Crippen LogP contribution >= 0.6 is 11.3 Å². The summed E-state index contributed by atoms with van der Waals surface area (Å²) >= 11 is 1.68. The maximum atomic E-state index is 12.3. The van der Waals surface area contributed by atoms with Crippen LogP contribution in [0.25, 0.3) is 10.2 Å². The largest absolute Gasteiger partial charge is 0.339 e. The van der Waals surface area contributed by atoms with E-state index in [1.54, 1.807) is 40.5 Å². The van der Waals surface area contributed by atoms with E-state index in [4.69, 9.17) is 0 Å². The Bertz CT molecular complexity index is 913. The molecule has 0 saturated carbocycles. The minimum Gasteiger partial charge on any atom is -0.339 e. The minimum atomic E-state index is -0.0241. The van der Waals surface area contributed by atoms with Crippen molar-refractivity contribution in [3.05, 3.63) is 59.1 Å². The number of hydrogen-bond donors (Lipinski definition) is 1. The van der Waals surface area contributed by atoms with Crippen LogP contribution in [0.3, 0.4) is 0 Å². The minimum absolute atomic E-state index is 0.0127. The summed E-state index contributed by atoms with van der Waals surface area (Å²) in [5.41, 5.74) is 2.37. The molecule has 1 N–H and O–H groups in total. The summed E-state index contributed by atoms with van der Waals surface area (Å²) in [4.78, 5) is 30.9. The molecule has 0 atom stereocenters. The number of nitrogens with one attached hydrogen (secondary N) is 1. The molecule has 28 heavy (non-hydrogen) atoms. The van der Waals surface area contributed by atoms with E-state index in [-0.39, 0.29) is 11.8 Å². The Balaban J connectivity index is 1.48. The highest BCUT2D eigenvalue weighted by Gasteiger charge is 2.12. The number of carbonyl (C=O) groups is 2. The summed E-state index contributed by atoms with van der Waals surface area (Å²) in [6.07, 6.45) is 1.99. The van der Waals surface area contributed by atoms with Gasteiger partial charge >= 0.3 is 0 Å². The quantitative estimate of drug-likeness (QED) is 0.599. The van der Waals surface area contributed by atoms with Gasteiger partial charge in [0.05, 0.1) is 15.2 Å². The van der Waals surface area contributed by atoms with Crippen LogP contribution in [0, 0.1) is 0 Å². The Kier molecular flexibility index (Phi) is 6.76. The van der Waals surface area contributed by atoms with Gasteiger partial charge in [-0.1, -0.05) is 12.1 Å². The number of nitrogens with zero attached hydrogens (tertiary/aromatic N) is 2. The molecule has 6 heteroatoms. The highest BCUT2D eigenvalue weighted by molar-refractivity contribution is 7.18. The van der Waals surface area contributed by atoms with Crippen molar-refractivity contribution in [3.63, 3.8) is 0 Å². The Morgan fingerprint density at radius 1 is 1.04 bits per heavy atom. The predicted molar refractivity (Wildman–Crippen MR) is 115 cm³/mol. The van der Waals surface area contributed by atoms with E-state index in [2.05, 4.69) is 16.4 Å². The SMILES string of the molecule is CCN(CC)C(=O)c1ccc(NC(=O)CCCc2nc3ccccc3s2)cc1. The average Bonchev–Trinajstić information content (AvgIpc) is 3.12. The lowest BCUT2D eigenvalue weighted by Crippen LogP contribution is -2.30. The second kappa shape index (κ2) is 9.46. The number of amides is 2. The van der Waals surface area contributed by atoms with Gasteiger partial charge in [0.2, 0.25) is 5.91 Å². The van der Waals surface area contributed by atoms with E-state index in [1.807, 2.05) is 32.0 Å². The molecule has 0 saturated heterocycles. The van der Waals surface area contributed by atoms with Crippen LogP contribution in [0.2, 0.25) is 0 Å². The van der Waals surface area contributed by atoms with Gasteiger partial charge in [-0.05, 0) is 63.1 Å². The second-order valence-electron chi connectivity index (χ2n) is 6.53. The average molecular weight is 396 g/mol. The molecule has 5 nitrogen and oxygen atoms in total. The molecule has 0 aliphatic carbocycles. The zero-order valence-corrected chi connectivity index (χ0v) is 17.1. The van der Waals surface area contributed by atoms with E-state index < -0.39 is 0 Å². The van der Waals surface area contributed by atoms with Crippen LogP contribution in [0.1, 0.15) is 42.1 Å². The second-order valence-corrected chi connectivity index (χ2v) is 7.65. The Hall–Kier alpha value is -2.73. The summed E-state index contributed by atoms with van der Waals surface area (Å²) in [7, 11) is 0. The molecule has 0 spiro atoms. The van der Waals surface area contributed by atoms with Crippen LogP contribution in [0.15, 0.2) is 48.5 Å². The Morgan fingerprint density at radius 2 is 1.75 bits per heavy atom. The number of para-hydroxylation sites is 1. The molecule has 2 aromatic carbocycles. The summed E-state index contributed by atoms with van der Waals surface area (Å²) in [6, 6.07) is 15.2. The molecular weight excluding hydrogens is 370 g/mol. The predicted octanol–water partition coefficient (Wildman–Crippen LogP) is 4.74. The van der Waals surface area contributed by atoms with Crippen molar-refractivity contribution < 1.29 is 9.59 Å². The zero-order chi connectivity index (χ0) is 19.9. The Morgan fingerprint density at radius 3 is 2.43 bits per heavy atom. The van der Waals surface area contributed by atoms with Crippen LogP contribution in [-0.2, 0) is 11.2 Å². The molecule has 0 fully saturated rings. The first-order chi connectivity index (χ1) is 13.6. The third-order valence-electron chi connectivity index (χ3n) is 4.60. The van der Waals surface area contributed by atoms with Crippen LogP contribution in [0.5, 0.6) is 0 Å². The van der Waals surface area contributed by atoms with E-state index in [0.717, 1.165) is 23.4 Å². The van der Waals surface area contributed by atoms with Gasteiger partial charge in [-0.15, -0.1) is 11.3 Å². The number of carbonyl (C=O) groups excluding carboxylic acids is 2. The first-order valence-corrected chi connectivity index (χ1v) is 10.5. The lowest BCUT2D eigenvalue weighted by Gasteiger charge is -2.18. The highest BCUT2D eigenvalue weighted by Crippen LogP contribution is 2.22. The maximum Gasteiger partial charge on any atom is 0.253 e. The van der Waals surface area contributed by atoms with E-state index in [1.165, 1.54) is 4.70 Å². The van der Waals surface area contributed by atoms with Gasteiger partial charge in [-0.3, -0.25) is 9.59 Å². The number of thiazole rings is 1. The number of aromatic nitrogens is 1. The van der Waals surface area contributed by atoms with Crippen molar-refractivity contribution in [1.29, 1.82) is 0 Å². The van der Waals surface area contributed by atoms with E-state index in [9.17, 15) is 9.59 Å². The van der Waals surface area contributed by atoms with E-state index in [0.29, 0.717) is 30.8 Å². The number of fused-ring (bicyclic) bond motifs is 1. The standard InChI is InChI=1S/C22H25N3O2S/c1-3-25(4-2)22(27)16-12-14-17(15-13-16)23-20(26)10-7-11-21-24-18-8-5-6-9-19(18)28-21/h5-6,8-9,12-15H,3-4,7,10-11H2,1-2H3,(H,23,26). The van der Waals surface area contributed by atoms with Crippen molar-refractivity contribution in [2.24, 2.45) is 0 Å². The summed E-state index contributed by atoms with van der Waals surface area (Å²) in [5.74, 6) is -0.0114. The fraction of sp³-hybridized carbons (Fsp3) is 0.318. The van der Waals surface area contributed by atoms with Crippen molar-refractivity contribution in [1.82, 2.24) is 9.88 Å². The smallest absolute Gasteiger partial charge is 0.253 e. The maximum absolute atomic E-state index is 12.3. The molecule has 1 heterocycles. The lowest BCUT2D eigenvalue weighted by atomic mass is 10.1. The van der Waals surface area contributed by atoms with Crippen molar-refractivity contribution in [2.75, 3.05) is 18.4 Å². The molecule has 1 aromatic heterocycles. The first-order valence-electron chi connectivity index (χ1n) is 9.64. The highest BCUT2D eigenvalue weighted by atomic mass is 32.1. The van der Waals surface area contributed by atoms with Crippen LogP contribution in [-0.4, -0.2) is 34.8 Å².